The van der Waals surface area contributed by atoms with E-state index in [0.29, 0.717) is 44.6 Å². The van der Waals surface area contributed by atoms with Gasteiger partial charge in [-0.25, -0.2) is 0 Å². The van der Waals surface area contributed by atoms with Crippen LogP contribution in [0.25, 0.3) is 0 Å². The minimum absolute atomic E-state index is 0.0247. The number of nitrogens with one attached hydrogen (secondary N) is 1. The van der Waals surface area contributed by atoms with Crippen LogP contribution in [0.15, 0.2) is 137 Å². The van der Waals surface area contributed by atoms with Gasteiger partial charge < -0.3 is 14.7 Å². The van der Waals surface area contributed by atoms with Crippen LogP contribution in [0.4, 0.5) is 28.4 Å². The highest BCUT2D eigenvalue weighted by Crippen LogP contribution is 2.64. The van der Waals surface area contributed by atoms with Crippen LogP contribution in [0.2, 0.25) is 10.0 Å². The van der Waals surface area contributed by atoms with Gasteiger partial charge in [0.25, 0.3) is 11.8 Å². The number of allylic oxidation sites excluding steroid dienone is 2. The number of azo groups is 1. The van der Waals surface area contributed by atoms with E-state index in [1.807, 2.05) is 49.3 Å². The lowest BCUT2D eigenvalue weighted by atomic mass is 9.49. The third-order valence-electron chi connectivity index (χ3n) is 12.6. The molecule has 308 valence electrons. The van der Waals surface area contributed by atoms with Gasteiger partial charge in [0, 0.05) is 30.7 Å². The summed E-state index contributed by atoms with van der Waals surface area (Å²) in [5.74, 6) is -4.99. The van der Waals surface area contributed by atoms with E-state index in [1.54, 1.807) is 92.0 Å². The number of phenolic OH excluding ortho intramolecular Hbond substituents is 1. The largest absolute Gasteiger partial charge is 0.508 e. The molecule has 5 aromatic carbocycles. The van der Waals surface area contributed by atoms with Gasteiger partial charge in [0.15, 0.2) is 0 Å². The summed E-state index contributed by atoms with van der Waals surface area (Å²) in [6.45, 7) is 0. The molecule has 0 radical (unpaired) electrons. The average molecular weight is 856 g/mol. The standard InChI is InChI=1S/C47H40Cl2N6O6/c1-53(2)31-13-9-29(10-14-31)50-51-30-11-15-32(16-12-30)54-43(57)36-22-21-35-37(41(36)45(54)59)25-38-44(58)55(52-40-23-8-28(48)24-39(40)49)46(60)47(38,27-6-19-34(61-3)20-7-27)42(35)26-4-17-33(56)18-5-26/h4-21,23-24,36-38,41-42,52,56H,22,25H2,1-3H3/t36-,37+,38-,41-,42-,47+/m0/s1. The molecule has 1 saturated carbocycles. The first-order chi connectivity index (χ1) is 29.4. The zero-order valence-electron chi connectivity index (χ0n) is 33.3. The van der Waals surface area contributed by atoms with Gasteiger partial charge in [0.05, 0.1) is 58.1 Å². The molecule has 0 aromatic heterocycles. The fourth-order valence-electron chi connectivity index (χ4n) is 9.74. The van der Waals surface area contributed by atoms with Gasteiger partial charge in [-0.3, -0.25) is 29.5 Å². The summed E-state index contributed by atoms with van der Waals surface area (Å²) in [5, 5.41) is 20.7. The van der Waals surface area contributed by atoms with Crippen LogP contribution in [-0.2, 0) is 24.6 Å². The van der Waals surface area contributed by atoms with Crippen LogP contribution in [0.5, 0.6) is 11.5 Å². The Bertz CT molecular complexity index is 2630. The number of amides is 4. The van der Waals surface area contributed by atoms with Gasteiger partial charge in [-0.1, -0.05) is 59.1 Å². The first-order valence-corrected chi connectivity index (χ1v) is 20.6. The quantitative estimate of drug-likeness (QED) is 0.0848. The van der Waals surface area contributed by atoms with Crippen molar-refractivity contribution in [3.63, 3.8) is 0 Å². The molecule has 3 fully saturated rings. The predicted molar refractivity (Wildman–Crippen MR) is 233 cm³/mol. The summed E-state index contributed by atoms with van der Waals surface area (Å²) in [4.78, 5) is 62.7. The molecule has 4 aliphatic rings. The second-order valence-electron chi connectivity index (χ2n) is 15.9. The topological polar surface area (TPSA) is 144 Å². The molecule has 2 saturated heterocycles. The second kappa shape index (κ2) is 15.5. The number of ether oxygens (including phenoxy) is 1. The summed E-state index contributed by atoms with van der Waals surface area (Å²) >= 11 is 12.8. The Labute approximate surface area is 362 Å². The molecule has 6 atom stereocenters. The van der Waals surface area contributed by atoms with Crippen LogP contribution in [-0.4, -0.2) is 54.9 Å². The second-order valence-corrected chi connectivity index (χ2v) is 16.8. The normalized spacial score (nSPS) is 24.4. The number of imide groups is 2. The molecule has 12 nitrogen and oxygen atoms in total. The maximum absolute atomic E-state index is 15.4. The van der Waals surface area contributed by atoms with Crippen molar-refractivity contribution in [2.75, 3.05) is 36.4 Å². The van der Waals surface area contributed by atoms with E-state index in [-0.39, 0.29) is 35.4 Å². The first-order valence-electron chi connectivity index (χ1n) is 19.8. The number of hydrazine groups is 1. The SMILES string of the molecule is COc1ccc([C@@]23C(=O)N(Nc4ccc(Cl)cc4Cl)C(=O)[C@@H]2C[C@@H]2C(=CC[C@@H]4C(=O)N(c5ccc(N=Nc6ccc(N(C)C)cc6)cc5)C(=O)[C@@H]42)[C@@H]3c2ccc(O)cc2)cc1. The highest BCUT2D eigenvalue weighted by Gasteiger charge is 2.70. The third kappa shape index (κ3) is 6.61. The zero-order chi connectivity index (χ0) is 42.7. The maximum Gasteiger partial charge on any atom is 0.260 e. The van der Waals surface area contributed by atoms with Crippen LogP contribution in [0, 0.1) is 23.7 Å². The molecule has 14 heteroatoms. The van der Waals surface area contributed by atoms with Crippen molar-refractivity contribution in [1.29, 1.82) is 0 Å². The van der Waals surface area contributed by atoms with E-state index >= 15 is 4.79 Å². The number of aromatic hydroxyl groups is 1. The van der Waals surface area contributed by atoms with Crippen molar-refractivity contribution in [3.05, 3.63) is 148 Å². The van der Waals surface area contributed by atoms with Crippen molar-refractivity contribution >= 4 is 75.3 Å². The van der Waals surface area contributed by atoms with E-state index in [9.17, 15) is 19.5 Å². The highest BCUT2D eigenvalue weighted by molar-refractivity contribution is 6.36. The molecular weight excluding hydrogens is 815 g/mol. The van der Waals surface area contributed by atoms with Crippen molar-refractivity contribution in [3.8, 4) is 11.5 Å². The monoisotopic (exact) mass is 854 g/mol. The van der Waals surface area contributed by atoms with E-state index in [0.717, 1.165) is 16.3 Å². The minimum atomic E-state index is -1.52. The number of methoxy groups -OCH3 is 1. The van der Waals surface area contributed by atoms with E-state index in [1.165, 1.54) is 11.0 Å². The Morgan fingerprint density at radius 3 is 2.07 bits per heavy atom. The Morgan fingerprint density at radius 2 is 1.44 bits per heavy atom. The summed E-state index contributed by atoms with van der Waals surface area (Å²) in [7, 11) is 5.47. The van der Waals surface area contributed by atoms with Crippen molar-refractivity contribution in [1.82, 2.24) is 5.01 Å². The van der Waals surface area contributed by atoms with Crippen molar-refractivity contribution in [2.24, 2.45) is 33.9 Å². The van der Waals surface area contributed by atoms with Gasteiger partial charge in [-0.15, -0.1) is 0 Å². The van der Waals surface area contributed by atoms with Crippen LogP contribution in [0.3, 0.4) is 0 Å². The number of anilines is 3. The number of carbonyl (C=O) groups excluding carboxylic acids is 4. The lowest BCUT2D eigenvalue weighted by Gasteiger charge is -2.50. The highest BCUT2D eigenvalue weighted by atomic mass is 35.5. The maximum atomic E-state index is 15.4. The molecule has 2 N–H and O–H groups in total. The van der Waals surface area contributed by atoms with Crippen LogP contribution < -0.4 is 20.0 Å². The number of halogens is 2. The fourth-order valence-corrected chi connectivity index (χ4v) is 10.2. The molecule has 0 unspecified atom stereocenters. The number of fused-ring (bicyclic) bond motifs is 4. The number of benzene rings is 5. The zero-order valence-corrected chi connectivity index (χ0v) is 34.8. The van der Waals surface area contributed by atoms with Gasteiger partial charge >= 0.3 is 0 Å². The molecule has 2 aliphatic heterocycles. The minimum Gasteiger partial charge on any atom is -0.508 e. The number of phenols is 1. The van der Waals surface area contributed by atoms with Crippen molar-refractivity contribution < 1.29 is 29.0 Å². The van der Waals surface area contributed by atoms with Gasteiger partial charge in [-0.2, -0.15) is 15.2 Å². The third-order valence-corrected chi connectivity index (χ3v) is 13.1. The predicted octanol–water partition coefficient (Wildman–Crippen LogP) is 9.38. The molecule has 0 bridgehead atoms. The molecule has 2 aliphatic carbocycles. The number of hydrogen-bond acceptors (Lipinski definition) is 10. The number of nitrogens with zero attached hydrogens (tertiary/aromatic N) is 5. The van der Waals surface area contributed by atoms with E-state index in [2.05, 4.69) is 15.7 Å². The fraction of sp³-hybridized carbons (Fsp3) is 0.234. The Kier molecular flexibility index (Phi) is 10.2. The molecule has 4 amide bonds. The summed E-state index contributed by atoms with van der Waals surface area (Å²) in [6.07, 6.45) is 2.34. The lowest BCUT2D eigenvalue weighted by molar-refractivity contribution is -0.138. The van der Waals surface area contributed by atoms with Crippen molar-refractivity contribution in [2.45, 2.75) is 24.2 Å². The van der Waals surface area contributed by atoms with Crippen LogP contribution >= 0.6 is 23.2 Å². The summed E-state index contributed by atoms with van der Waals surface area (Å²) in [5.41, 5.74) is 6.45. The molecule has 2 heterocycles. The first kappa shape index (κ1) is 39.9. The summed E-state index contributed by atoms with van der Waals surface area (Å²) < 4.78 is 5.49. The average Bonchev–Trinajstić information content (AvgIpc) is 3.65. The van der Waals surface area contributed by atoms with Crippen LogP contribution in [0.1, 0.15) is 29.9 Å². The number of hydrogen-bond donors (Lipinski definition) is 2. The van der Waals surface area contributed by atoms with Gasteiger partial charge in [0.2, 0.25) is 11.8 Å². The molecular formula is C47H40Cl2N6O6. The van der Waals surface area contributed by atoms with Gasteiger partial charge in [0.1, 0.15) is 11.5 Å². The number of carbonyl (C=O) groups is 4. The molecule has 0 spiro atoms. The molecule has 9 rings (SSSR count). The van der Waals surface area contributed by atoms with E-state index < -0.39 is 46.8 Å². The Morgan fingerprint density at radius 1 is 0.787 bits per heavy atom. The summed E-state index contributed by atoms with van der Waals surface area (Å²) in [6, 6.07) is 32.8. The lowest BCUT2D eigenvalue weighted by Crippen LogP contribution is -2.53. The van der Waals surface area contributed by atoms with E-state index in [4.69, 9.17) is 27.9 Å². The molecule has 5 aromatic rings. The molecule has 61 heavy (non-hydrogen) atoms. The smallest absolute Gasteiger partial charge is 0.260 e. The number of rotatable bonds is 9. The Hall–Kier alpha value is -6.50. The Balaban J connectivity index is 1.10. The van der Waals surface area contributed by atoms with Gasteiger partial charge in [-0.05, 0) is 121 Å².